The van der Waals surface area contributed by atoms with Crippen molar-refractivity contribution in [3.05, 3.63) is 35.4 Å². The maximum atomic E-state index is 13.1. The Kier molecular flexibility index (Phi) is 4.32. The molecule has 3 nitrogen and oxygen atoms in total. The number of alkyl halides is 3. The van der Waals surface area contributed by atoms with E-state index in [1.54, 1.807) is 6.07 Å². The molecule has 1 aliphatic rings. The van der Waals surface area contributed by atoms with Crippen molar-refractivity contribution in [3.63, 3.8) is 0 Å². The number of carbonyl (C=O) groups excluding carboxylic acids is 1. The summed E-state index contributed by atoms with van der Waals surface area (Å²) in [6.45, 7) is 1.11. The van der Waals surface area contributed by atoms with Crippen LogP contribution in [0.2, 0.25) is 0 Å². The number of primary amides is 1. The molecule has 0 bridgehead atoms. The molecule has 1 heterocycles. The van der Waals surface area contributed by atoms with E-state index in [9.17, 15) is 18.0 Å². The number of nitrogens with zero attached hydrogens (tertiary/aromatic N) is 1. The zero-order chi connectivity index (χ0) is 14.8. The zero-order valence-corrected chi connectivity index (χ0v) is 11.0. The Balaban J connectivity index is 2.24. The summed E-state index contributed by atoms with van der Waals surface area (Å²) < 4.78 is 39.2. The number of likely N-dealkylation sites (tertiary alicyclic amines) is 1. The van der Waals surface area contributed by atoms with Crippen LogP contribution >= 0.6 is 0 Å². The molecule has 1 saturated heterocycles. The molecule has 1 atom stereocenters. The van der Waals surface area contributed by atoms with Gasteiger partial charge in [0.1, 0.15) is 0 Å². The minimum absolute atomic E-state index is 0.171. The molecule has 2 rings (SSSR count). The van der Waals surface area contributed by atoms with Crippen molar-refractivity contribution in [1.82, 2.24) is 4.90 Å². The Labute approximate surface area is 115 Å². The van der Waals surface area contributed by atoms with Crippen LogP contribution in [0.15, 0.2) is 24.3 Å². The van der Waals surface area contributed by atoms with E-state index < -0.39 is 17.6 Å². The van der Waals surface area contributed by atoms with Crippen molar-refractivity contribution in [2.75, 3.05) is 13.1 Å². The molecule has 2 N–H and O–H groups in total. The minimum atomic E-state index is -4.35. The smallest absolute Gasteiger partial charge is 0.370 e. The van der Waals surface area contributed by atoms with E-state index in [2.05, 4.69) is 0 Å². The Morgan fingerprint density at radius 3 is 2.70 bits per heavy atom. The summed E-state index contributed by atoms with van der Waals surface area (Å²) >= 11 is 0. The topological polar surface area (TPSA) is 46.3 Å². The number of halogens is 3. The van der Waals surface area contributed by atoms with Gasteiger partial charge in [-0.1, -0.05) is 18.2 Å². The van der Waals surface area contributed by atoms with Gasteiger partial charge in [-0.25, -0.2) is 0 Å². The summed E-state index contributed by atoms with van der Waals surface area (Å²) in [5, 5.41) is 0. The summed E-state index contributed by atoms with van der Waals surface area (Å²) in [5.41, 5.74) is 4.81. The first kappa shape index (κ1) is 14.8. The van der Waals surface area contributed by atoms with Crippen molar-refractivity contribution >= 4 is 5.91 Å². The van der Waals surface area contributed by atoms with Gasteiger partial charge in [-0.15, -0.1) is 0 Å². The quantitative estimate of drug-likeness (QED) is 0.925. The van der Waals surface area contributed by atoms with Gasteiger partial charge in [-0.05, 0) is 31.0 Å². The third kappa shape index (κ3) is 3.30. The van der Waals surface area contributed by atoms with Crippen molar-refractivity contribution in [2.45, 2.75) is 31.5 Å². The number of rotatable bonds is 4. The average molecular weight is 286 g/mol. The molecular weight excluding hydrogens is 269 g/mol. The molecule has 0 aromatic heterocycles. The lowest BCUT2D eigenvalue weighted by Crippen LogP contribution is -2.29. The van der Waals surface area contributed by atoms with Crippen LogP contribution in [0, 0.1) is 0 Å². The van der Waals surface area contributed by atoms with E-state index >= 15 is 0 Å². The second-order valence-corrected chi connectivity index (χ2v) is 5.00. The number of carbonyl (C=O) groups is 1. The number of hydrogen-bond donors (Lipinski definition) is 1. The zero-order valence-electron chi connectivity index (χ0n) is 11.0. The Morgan fingerprint density at radius 1 is 1.35 bits per heavy atom. The van der Waals surface area contributed by atoms with E-state index in [0.29, 0.717) is 25.1 Å². The Hall–Kier alpha value is -1.56. The van der Waals surface area contributed by atoms with Gasteiger partial charge in [0.05, 0.1) is 5.56 Å². The van der Waals surface area contributed by atoms with E-state index in [0.717, 1.165) is 12.5 Å². The highest BCUT2D eigenvalue weighted by atomic mass is 19.4. The molecule has 1 fully saturated rings. The predicted molar refractivity (Wildman–Crippen MR) is 68.8 cm³/mol. The van der Waals surface area contributed by atoms with Crippen LogP contribution < -0.4 is 5.73 Å². The Morgan fingerprint density at radius 2 is 2.05 bits per heavy atom. The predicted octanol–water partition coefficient (Wildman–Crippen LogP) is 2.72. The molecule has 0 aliphatic carbocycles. The van der Waals surface area contributed by atoms with Crippen LogP contribution in [0.5, 0.6) is 0 Å². The van der Waals surface area contributed by atoms with Crippen molar-refractivity contribution in [3.8, 4) is 0 Å². The molecule has 1 aromatic rings. The molecule has 1 amide bonds. The average Bonchev–Trinajstić information content (AvgIpc) is 2.83. The summed E-state index contributed by atoms with van der Waals surface area (Å²) in [4.78, 5) is 12.8. The second-order valence-electron chi connectivity index (χ2n) is 5.00. The lowest BCUT2D eigenvalue weighted by Gasteiger charge is -2.26. The van der Waals surface area contributed by atoms with Gasteiger partial charge in [-0.2, -0.15) is 13.2 Å². The van der Waals surface area contributed by atoms with Gasteiger partial charge in [0, 0.05) is 19.0 Å². The number of hydrogen-bond acceptors (Lipinski definition) is 2. The summed E-state index contributed by atoms with van der Waals surface area (Å²) in [6.07, 6.45) is -2.68. The molecule has 1 unspecified atom stereocenters. The van der Waals surface area contributed by atoms with Crippen LogP contribution in [0.3, 0.4) is 0 Å². The maximum Gasteiger partial charge on any atom is 0.416 e. The van der Waals surface area contributed by atoms with Gasteiger partial charge < -0.3 is 5.73 Å². The fourth-order valence-electron chi connectivity index (χ4n) is 2.75. The monoisotopic (exact) mass is 286 g/mol. The first-order chi connectivity index (χ1) is 9.39. The molecule has 6 heteroatoms. The molecule has 0 saturated carbocycles. The van der Waals surface area contributed by atoms with Gasteiger partial charge in [0.25, 0.3) is 0 Å². The molecule has 20 heavy (non-hydrogen) atoms. The number of amides is 1. The van der Waals surface area contributed by atoms with E-state index in [4.69, 9.17) is 5.73 Å². The largest absolute Gasteiger partial charge is 0.416 e. The van der Waals surface area contributed by atoms with Crippen molar-refractivity contribution in [1.29, 1.82) is 0 Å². The fraction of sp³-hybridized carbons (Fsp3) is 0.500. The summed E-state index contributed by atoms with van der Waals surface area (Å²) in [6, 6.07) is 5.37. The van der Waals surface area contributed by atoms with E-state index in [1.165, 1.54) is 12.1 Å². The molecule has 1 aromatic carbocycles. The fourth-order valence-corrected chi connectivity index (χ4v) is 2.75. The van der Waals surface area contributed by atoms with Crippen LogP contribution in [0.4, 0.5) is 13.2 Å². The number of benzene rings is 1. The molecule has 110 valence electrons. The highest BCUT2D eigenvalue weighted by Gasteiger charge is 2.37. The van der Waals surface area contributed by atoms with Gasteiger partial charge >= 0.3 is 6.18 Å². The van der Waals surface area contributed by atoms with E-state index in [-0.39, 0.29) is 12.5 Å². The third-order valence-corrected chi connectivity index (χ3v) is 3.63. The molecule has 0 spiro atoms. The van der Waals surface area contributed by atoms with E-state index in [1.807, 2.05) is 4.90 Å². The molecule has 0 radical (unpaired) electrons. The highest BCUT2D eigenvalue weighted by molar-refractivity contribution is 5.73. The van der Waals surface area contributed by atoms with Gasteiger partial charge in [-0.3, -0.25) is 9.69 Å². The van der Waals surface area contributed by atoms with Gasteiger partial charge in [0.2, 0.25) is 5.91 Å². The summed E-state index contributed by atoms with van der Waals surface area (Å²) in [5.74, 6) is -0.431. The normalized spacial score (nSPS) is 20.2. The van der Waals surface area contributed by atoms with Crippen LogP contribution in [-0.4, -0.2) is 23.9 Å². The van der Waals surface area contributed by atoms with Crippen molar-refractivity contribution in [2.24, 2.45) is 5.73 Å². The SMILES string of the molecule is NC(=O)CCN1CCCC1c1ccccc1C(F)(F)F. The van der Waals surface area contributed by atoms with Crippen molar-refractivity contribution < 1.29 is 18.0 Å². The van der Waals surface area contributed by atoms with Crippen LogP contribution in [-0.2, 0) is 11.0 Å². The number of nitrogens with two attached hydrogens (primary N) is 1. The molecule has 1 aliphatic heterocycles. The van der Waals surface area contributed by atoms with Crippen LogP contribution in [0.1, 0.15) is 36.4 Å². The van der Waals surface area contributed by atoms with Gasteiger partial charge in [0.15, 0.2) is 0 Å². The second kappa shape index (κ2) is 5.83. The first-order valence-electron chi connectivity index (χ1n) is 6.58. The minimum Gasteiger partial charge on any atom is -0.370 e. The standard InChI is InChI=1S/C14H17F3N2O/c15-14(16,17)11-5-2-1-4-10(11)12-6-3-8-19(12)9-7-13(18)20/h1-2,4-5,12H,3,6-9H2,(H2,18,20). The lowest BCUT2D eigenvalue weighted by molar-refractivity contribution is -0.138. The third-order valence-electron chi connectivity index (χ3n) is 3.63. The lowest BCUT2D eigenvalue weighted by atomic mass is 9.98. The highest BCUT2D eigenvalue weighted by Crippen LogP contribution is 2.40. The van der Waals surface area contributed by atoms with Crippen LogP contribution in [0.25, 0.3) is 0 Å². The first-order valence-corrected chi connectivity index (χ1v) is 6.58. The molecular formula is C14H17F3N2O. The Bertz CT molecular complexity index is 488. The summed E-state index contributed by atoms with van der Waals surface area (Å²) in [7, 11) is 0. The maximum absolute atomic E-state index is 13.1.